The van der Waals surface area contributed by atoms with Crippen LogP contribution in [0.5, 0.6) is 5.75 Å². The molecule has 0 saturated carbocycles. The van der Waals surface area contributed by atoms with Gasteiger partial charge in [-0.25, -0.2) is 4.39 Å². The number of methoxy groups -OCH3 is 1. The Morgan fingerprint density at radius 3 is 2.65 bits per heavy atom. The maximum absolute atomic E-state index is 13.0. The Labute approximate surface area is 125 Å². The molecule has 0 aliphatic heterocycles. The van der Waals surface area contributed by atoms with Crippen molar-refractivity contribution in [1.29, 1.82) is 0 Å². The molecule has 0 heterocycles. The van der Waals surface area contributed by atoms with E-state index in [0.29, 0.717) is 15.8 Å². The van der Waals surface area contributed by atoms with E-state index in [0.717, 1.165) is 11.1 Å². The van der Waals surface area contributed by atoms with Gasteiger partial charge in [0.1, 0.15) is 11.6 Å². The zero-order valence-corrected chi connectivity index (χ0v) is 12.8. The van der Waals surface area contributed by atoms with E-state index in [4.69, 9.17) is 4.74 Å². The summed E-state index contributed by atoms with van der Waals surface area (Å²) in [4.78, 5) is 12.4. The normalized spacial score (nSPS) is 10.4. The molecule has 0 fully saturated rings. The highest BCUT2D eigenvalue weighted by Gasteiger charge is 2.14. The number of benzene rings is 2. The van der Waals surface area contributed by atoms with Crippen molar-refractivity contribution < 1.29 is 13.9 Å². The van der Waals surface area contributed by atoms with Crippen molar-refractivity contribution in [2.45, 2.75) is 13.3 Å². The molecule has 0 aromatic heterocycles. The van der Waals surface area contributed by atoms with Crippen molar-refractivity contribution in [3.8, 4) is 5.75 Å². The average Bonchev–Trinajstić information content (AvgIpc) is 2.41. The van der Waals surface area contributed by atoms with Gasteiger partial charge in [0.05, 0.1) is 12.7 Å². The van der Waals surface area contributed by atoms with Gasteiger partial charge in [0.25, 0.3) is 0 Å². The number of ether oxygens (including phenoxy) is 1. The summed E-state index contributed by atoms with van der Waals surface area (Å²) in [6.07, 6.45) is 0.195. The first kappa shape index (κ1) is 14.7. The number of halogens is 2. The van der Waals surface area contributed by atoms with E-state index >= 15 is 0 Å². The first-order chi connectivity index (χ1) is 9.51. The number of carbonyl (C=O) groups excluding carboxylic acids is 1. The van der Waals surface area contributed by atoms with E-state index in [1.165, 1.54) is 19.2 Å². The van der Waals surface area contributed by atoms with E-state index in [1.54, 1.807) is 18.2 Å². The topological polar surface area (TPSA) is 26.3 Å². The maximum atomic E-state index is 13.0. The van der Waals surface area contributed by atoms with E-state index in [9.17, 15) is 9.18 Å². The maximum Gasteiger partial charge on any atom is 0.171 e. The van der Waals surface area contributed by atoms with Crippen LogP contribution < -0.4 is 4.74 Å². The molecule has 0 spiro atoms. The highest BCUT2D eigenvalue weighted by Crippen LogP contribution is 2.24. The highest BCUT2D eigenvalue weighted by molar-refractivity contribution is 9.10. The van der Waals surface area contributed by atoms with Gasteiger partial charge in [-0.1, -0.05) is 33.6 Å². The molecule has 0 N–H and O–H groups in total. The minimum Gasteiger partial charge on any atom is -0.496 e. The summed E-state index contributed by atoms with van der Waals surface area (Å²) in [5.41, 5.74) is 2.29. The molecule has 2 aromatic carbocycles. The van der Waals surface area contributed by atoms with Crippen molar-refractivity contribution in [2.24, 2.45) is 0 Å². The molecule has 0 bridgehead atoms. The van der Waals surface area contributed by atoms with Gasteiger partial charge in [-0.3, -0.25) is 4.79 Å². The Balaban J connectivity index is 2.30. The molecule has 104 valence electrons. The SMILES string of the molecule is COc1ccc(C)cc1C(=O)Cc1ccc(F)cc1Br. The summed E-state index contributed by atoms with van der Waals surface area (Å²) in [5, 5.41) is 0. The van der Waals surface area contributed by atoms with Gasteiger partial charge in [0, 0.05) is 10.9 Å². The van der Waals surface area contributed by atoms with Crippen molar-refractivity contribution in [2.75, 3.05) is 7.11 Å². The molecule has 0 amide bonds. The van der Waals surface area contributed by atoms with Crippen LogP contribution in [-0.2, 0) is 6.42 Å². The number of hydrogen-bond acceptors (Lipinski definition) is 2. The smallest absolute Gasteiger partial charge is 0.171 e. The summed E-state index contributed by atoms with van der Waals surface area (Å²) in [5.74, 6) is 0.165. The van der Waals surface area contributed by atoms with Gasteiger partial charge >= 0.3 is 0 Å². The summed E-state index contributed by atoms with van der Waals surface area (Å²) in [7, 11) is 1.54. The molecule has 2 nitrogen and oxygen atoms in total. The fourth-order valence-corrected chi connectivity index (χ4v) is 2.46. The van der Waals surface area contributed by atoms with Crippen LogP contribution in [-0.4, -0.2) is 12.9 Å². The molecule has 2 rings (SSSR count). The van der Waals surface area contributed by atoms with Gasteiger partial charge in [-0.15, -0.1) is 0 Å². The fourth-order valence-electron chi connectivity index (χ4n) is 1.97. The lowest BCUT2D eigenvalue weighted by Crippen LogP contribution is -2.07. The van der Waals surface area contributed by atoms with Gasteiger partial charge in [0.2, 0.25) is 0 Å². The first-order valence-corrected chi connectivity index (χ1v) is 6.92. The summed E-state index contributed by atoms with van der Waals surface area (Å²) < 4.78 is 18.9. The fraction of sp³-hybridized carbons (Fsp3) is 0.188. The Morgan fingerprint density at radius 2 is 2.00 bits per heavy atom. The third-order valence-electron chi connectivity index (χ3n) is 3.02. The number of ketones is 1. The van der Waals surface area contributed by atoms with Crippen LogP contribution in [0, 0.1) is 12.7 Å². The summed E-state index contributed by atoms with van der Waals surface area (Å²) in [6.45, 7) is 1.92. The van der Waals surface area contributed by atoms with E-state index in [1.807, 2.05) is 13.0 Å². The molecule has 4 heteroatoms. The summed E-state index contributed by atoms with van der Waals surface area (Å²) >= 11 is 3.27. The Hall–Kier alpha value is -1.68. The third-order valence-corrected chi connectivity index (χ3v) is 3.76. The van der Waals surface area contributed by atoms with Gasteiger partial charge in [-0.2, -0.15) is 0 Å². The molecule has 0 aliphatic rings. The summed E-state index contributed by atoms with van der Waals surface area (Å²) in [6, 6.07) is 9.79. The molecule has 0 radical (unpaired) electrons. The minimum atomic E-state index is -0.332. The van der Waals surface area contributed by atoms with Crippen LogP contribution in [0.2, 0.25) is 0 Å². The lowest BCUT2D eigenvalue weighted by Gasteiger charge is -2.09. The van der Waals surface area contributed by atoms with Crippen LogP contribution in [0.3, 0.4) is 0 Å². The third kappa shape index (κ3) is 3.25. The second kappa shape index (κ2) is 6.18. The lowest BCUT2D eigenvalue weighted by atomic mass is 10.0. The van der Waals surface area contributed by atoms with Crippen LogP contribution in [0.25, 0.3) is 0 Å². The molecular weight excluding hydrogens is 323 g/mol. The predicted molar refractivity (Wildman–Crippen MR) is 79.9 cm³/mol. The second-order valence-electron chi connectivity index (χ2n) is 4.54. The van der Waals surface area contributed by atoms with E-state index < -0.39 is 0 Å². The predicted octanol–water partition coefficient (Wildman–Crippen LogP) is 4.33. The Kier molecular flexibility index (Phi) is 4.55. The highest BCUT2D eigenvalue weighted by atomic mass is 79.9. The zero-order chi connectivity index (χ0) is 14.7. The number of Topliss-reactive ketones (excluding diaryl/α,β-unsaturated/α-hetero) is 1. The molecular formula is C16H14BrFO2. The molecule has 2 aromatic rings. The van der Waals surface area contributed by atoms with Crippen LogP contribution in [0.15, 0.2) is 40.9 Å². The Bertz CT molecular complexity index is 653. The zero-order valence-electron chi connectivity index (χ0n) is 11.2. The van der Waals surface area contributed by atoms with Crippen LogP contribution in [0.1, 0.15) is 21.5 Å². The largest absolute Gasteiger partial charge is 0.496 e. The van der Waals surface area contributed by atoms with Crippen LogP contribution >= 0.6 is 15.9 Å². The van der Waals surface area contributed by atoms with Crippen molar-refractivity contribution in [3.63, 3.8) is 0 Å². The van der Waals surface area contributed by atoms with Gasteiger partial charge in [-0.05, 0) is 36.8 Å². The van der Waals surface area contributed by atoms with Crippen molar-refractivity contribution >= 4 is 21.7 Å². The molecule has 0 aliphatic carbocycles. The number of hydrogen-bond donors (Lipinski definition) is 0. The van der Waals surface area contributed by atoms with E-state index in [-0.39, 0.29) is 18.0 Å². The number of rotatable bonds is 4. The molecule has 20 heavy (non-hydrogen) atoms. The van der Waals surface area contributed by atoms with Crippen molar-refractivity contribution in [3.05, 3.63) is 63.4 Å². The van der Waals surface area contributed by atoms with Gasteiger partial charge < -0.3 is 4.74 Å². The van der Waals surface area contributed by atoms with Crippen LogP contribution in [0.4, 0.5) is 4.39 Å². The Morgan fingerprint density at radius 1 is 1.25 bits per heavy atom. The second-order valence-corrected chi connectivity index (χ2v) is 5.39. The standard InChI is InChI=1S/C16H14BrFO2/c1-10-3-6-16(20-2)13(7-10)15(19)8-11-4-5-12(18)9-14(11)17/h3-7,9H,8H2,1-2H3. The first-order valence-electron chi connectivity index (χ1n) is 6.13. The lowest BCUT2D eigenvalue weighted by molar-refractivity contribution is 0.0989. The molecule has 0 atom stereocenters. The van der Waals surface area contributed by atoms with E-state index in [2.05, 4.69) is 15.9 Å². The molecule has 0 saturated heterocycles. The average molecular weight is 337 g/mol. The minimum absolute atomic E-state index is 0.0575. The van der Waals surface area contributed by atoms with Gasteiger partial charge in [0.15, 0.2) is 5.78 Å². The monoisotopic (exact) mass is 336 g/mol. The molecule has 0 unspecified atom stereocenters. The number of carbonyl (C=O) groups is 1. The quantitative estimate of drug-likeness (QED) is 0.776. The van der Waals surface area contributed by atoms with Crippen molar-refractivity contribution in [1.82, 2.24) is 0 Å². The number of aryl methyl sites for hydroxylation is 1.